The summed E-state index contributed by atoms with van der Waals surface area (Å²) >= 11 is 1.39. The molecule has 0 saturated heterocycles. The van der Waals surface area contributed by atoms with Crippen molar-refractivity contribution in [2.24, 2.45) is 0 Å². The molecular weight excluding hydrogens is 448 g/mol. The SMILES string of the molecule is CC(C)(C)OC(=O)N1CCc2sc(C(=O)NCC(O)c3ccc(OCC(=O)O)cc3)cc2C1. The number of carboxylic acid groups (broad SMARTS) is 1. The predicted molar refractivity (Wildman–Crippen MR) is 122 cm³/mol. The maximum absolute atomic E-state index is 12.6. The summed E-state index contributed by atoms with van der Waals surface area (Å²) in [6, 6.07) is 8.14. The Labute approximate surface area is 195 Å². The van der Waals surface area contributed by atoms with E-state index in [9.17, 15) is 19.5 Å². The Morgan fingerprint density at radius 2 is 1.91 bits per heavy atom. The summed E-state index contributed by atoms with van der Waals surface area (Å²) in [5.74, 6) is -0.990. The summed E-state index contributed by atoms with van der Waals surface area (Å²) in [4.78, 5) is 38.7. The van der Waals surface area contributed by atoms with E-state index in [-0.39, 0.29) is 18.5 Å². The monoisotopic (exact) mass is 476 g/mol. The van der Waals surface area contributed by atoms with Gasteiger partial charge >= 0.3 is 12.1 Å². The van der Waals surface area contributed by atoms with E-state index >= 15 is 0 Å². The standard InChI is InChI=1S/C23H28N2O7S/c1-23(2,3)32-22(30)25-9-8-18-15(12-25)10-19(33-18)21(29)24-11-17(26)14-4-6-16(7-5-14)31-13-20(27)28/h4-7,10,17,26H,8-9,11-13H2,1-3H3,(H,24,29)(H,27,28). The van der Waals surface area contributed by atoms with Gasteiger partial charge in [-0.05, 0) is 56.5 Å². The van der Waals surface area contributed by atoms with E-state index in [1.165, 1.54) is 11.3 Å². The minimum Gasteiger partial charge on any atom is -0.482 e. The molecule has 1 atom stereocenters. The number of nitrogens with one attached hydrogen (secondary N) is 1. The topological polar surface area (TPSA) is 125 Å². The number of carbonyl (C=O) groups is 3. The second-order valence-corrected chi connectivity index (χ2v) is 9.82. The van der Waals surface area contributed by atoms with E-state index in [0.29, 0.717) is 35.7 Å². The molecule has 1 aromatic heterocycles. The Kier molecular flexibility index (Phi) is 7.60. The van der Waals surface area contributed by atoms with E-state index in [1.54, 1.807) is 35.2 Å². The molecule has 2 amide bonds. The number of ether oxygens (including phenoxy) is 2. The molecule has 178 valence electrons. The van der Waals surface area contributed by atoms with Crippen LogP contribution in [-0.2, 0) is 22.5 Å². The zero-order valence-electron chi connectivity index (χ0n) is 18.8. The number of rotatable bonds is 7. The normalized spacial score (nSPS) is 14.2. The molecule has 9 nitrogen and oxygen atoms in total. The molecule has 0 aliphatic carbocycles. The number of hydrogen-bond acceptors (Lipinski definition) is 7. The molecule has 10 heteroatoms. The fourth-order valence-corrected chi connectivity index (χ4v) is 4.33. The maximum Gasteiger partial charge on any atom is 0.410 e. The Hall–Kier alpha value is -3.11. The van der Waals surface area contributed by atoms with Crippen molar-refractivity contribution in [2.75, 3.05) is 19.7 Å². The number of hydrogen-bond donors (Lipinski definition) is 3. The third-order valence-electron chi connectivity index (χ3n) is 4.83. The summed E-state index contributed by atoms with van der Waals surface area (Å²) in [6.07, 6.45) is -0.640. The van der Waals surface area contributed by atoms with Crippen molar-refractivity contribution in [2.45, 2.75) is 45.4 Å². The first-order valence-corrected chi connectivity index (χ1v) is 11.3. The number of amides is 2. The van der Waals surface area contributed by atoms with Gasteiger partial charge in [-0.1, -0.05) is 12.1 Å². The number of benzene rings is 1. The molecular formula is C23H28N2O7S. The number of aliphatic hydroxyl groups is 1. The van der Waals surface area contributed by atoms with Crippen LogP contribution in [0.3, 0.4) is 0 Å². The molecule has 2 aromatic rings. The Morgan fingerprint density at radius 3 is 2.55 bits per heavy atom. The molecule has 0 spiro atoms. The minimum atomic E-state index is -1.07. The molecule has 0 saturated carbocycles. The van der Waals surface area contributed by atoms with Gasteiger partial charge in [0.2, 0.25) is 0 Å². The van der Waals surface area contributed by atoms with Gasteiger partial charge in [0.05, 0.1) is 17.5 Å². The van der Waals surface area contributed by atoms with Gasteiger partial charge in [-0.3, -0.25) is 4.79 Å². The van der Waals surface area contributed by atoms with Crippen molar-refractivity contribution in [3.05, 3.63) is 51.2 Å². The van der Waals surface area contributed by atoms with Gasteiger partial charge in [-0.2, -0.15) is 0 Å². The van der Waals surface area contributed by atoms with Crippen LogP contribution < -0.4 is 10.1 Å². The van der Waals surface area contributed by atoms with Crippen molar-refractivity contribution >= 4 is 29.3 Å². The lowest BCUT2D eigenvalue weighted by Gasteiger charge is -2.29. The highest BCUT2D eigenvalue weighted by molar-refractivity contribution is 7.14. The highest BCUT2D eigenvalue weighted by atomic mass is 32.1. The number of carbonyl (C=O) groups excluding carboxylic acids is 2. The van der Waals surface area contributed by atoms with E-state index in [1.807, 2.05) is 20.8 Å². The summed E-state index contributed by atoms with van der Waals surface area (Å²) in [6.45, 7) is 5.97. The lowest BCUT2D eigenvalue weighted by atomic mass is 10.1. The van der Waals surface area contributed by atoms with Crippen LogP contribution in [0, 0.1) is 0 Å². The van der Waals surface area contributed by atoms with Crippen LogP contribution in [0.15, 0.2) is 30.3 Å². The smallest absolute Gasteiger partial charge is 0.410 e. The van der Waals surface area contributed by atoms with Gasteiger partial charge < -0.3 is 29.9 Å². The van der Waals surface area contributed by atoms with Gasteiger partial charge in [0.15, 0.2) is 6.61 Å². The van der Waals surface area contributed by atoms with Crippen molar-refractivity contribution in [1.29, 1.82) is 0 Å². The number of aliphatic hydroxyl groups excluding tert-OH is 1. The molecule has 0 bridgehead atoms. The van der Waals surface area contributed by atoms with Crippen LogP contribution in [-0.4, -0.2) is 58.4 Å². The molecule has 1 unspecified atom stereocenters. The zero-order valence-corrected chi connectivity index (χ0v) is 19.6. The van der Waals surface area contributed by atoms with Crippen LogP contribution in [0.1, 0.15) is 52.6 Å². The van der Waals surface area contributed by atoms with Crippen LogP contribution in [0.25, 0.3) is 0 Å². The molecule has 33 heavy (non-hydrogen) atoms. The summed E-state index contributed by atoms with van der Waals surface area (Å²) < 4.78 is 10.5. The number of carboxylic acids is 1. The van der Waals surface area contributed by atoms with E-state index < -0.39 is 24.3 Å². The Bertz CT molecular complexity index is 1010. The average molecular weight is 477 g/mol. The van der Waals surface area contributed by atoms with Crippen LogP contribution in [0.4, 0.5) is 4.79 Å². The second-order valence-electron chi connectivity index (χ2n) is 8.69. The van der Waals surface area contributed by atoms with Crippen molar-refractivity contribution < 1.29 is 34.1 Å². The van der Waals surface area contributed by atoms with Crippen LogP contribution in [0.2, 0.25) is 0 Å². The van der Waals surface area contributed by atoms with Crippen LogP contribution in [0.5, 0.6) is 5.75 Å². The van der Waals surface area contributed by atoms with Gasteiger partial charge in [0, 0.05) is 18.0 Å². The molecule has 1 aliphatic rings. The number of fused-ring (bicyclic) bond motifs is 1. The van der Waals surface area contributed by atoms with Gasteiger partial charge in [-0.15, -0.1) is 11.3 Å². The molecule has 0 fully saturated rings. The fraction of sp³-hybridized carbons (Fsp3) is 0.435. The van der Waals surface area contributed by atoms with Crippen LogP contribution >= 0.6 is 11.3 Å². The third-order valence-corrected chi connectivity index (χ3v) is 6.06. The minimum absolute atomic E-state index is 0.0146. The van der Waals surface area contributed by atoms with E-state index in [0.717, 1.165) is 10.4 Å². The fourth-order valence-electron chi connectivity index (χ4n) is 3.25. The lowest BCUT2D eigenvalue weighted by Crippen LogP contribution is -2.39. The first-order valence-electron chi connectivity index (χ1n) is 10.5. The average Bonchev–Trinajstić information content (AvgIpc) is 3.18. The van der Waals surface area contributed by atoms with Gasteiger partial charge in [-0.25, -0.2) is 9.59 Å². The first-order chi connectivity index (χ1) is 15.5. The summed E-state index contributed by atoms with van der Waals surface area (Å²) in [7, 11) is 0. The molecule has 1 aromatic carbocycles. The lowest BCUT2D eigenvalue weighted by molar-refractivity contribution is -0.139. The van der Waals surface area contributed by atoms with Gasteiger partial charge in [0.1, 0.15) is 11.4 Å². The predicted octanol–water partition coefficient (Wildman–Crippen LogP) is 2.97. The third kappa shape index (κ3) is 6.93. The van der Waals surface area contributed by atoms with Gasteiger partial charge in [0.25, 0.3) is 5.91 Å². The number of thiophene rings is 1. The highest BCUT2D eigenvalue weighted by Gasteiger charge is 2.28. The zero-order chi connectivity index (χ0) is 24.2. The Balaban J connectivity index is 1.53. The van der Waals surface area contributed by atoms with Crippen molar-refractivity contribution in [3.63, 3.8) is 0 Å². The first kappa shape index (κ1) is 24.5. The molecule has 3 N–H and O–H groups in total. The van der Waals surface area contributed by atoms with Crippen molar-refractivity contribution in [3.8, 4) is 5.75 Å². The second kappa shape index (κ2) is 10.2. The molecule has 1 aliphatic heterocycles. The molecule has 2 heterocycles. The molecule has 0 radical (unpaired) electrons. The quantitative estimate of drug-likeness (QED) is 0.561. The number of nitrogens with zero attached hydrogens (tertiary/aromatic N) is 1. The number of aliphatic carboxylic acids is 1. The highest BCUT2D eigenvalue weighted by Crippen LogP contribution is 2.29. The van der Waals surface area contributed by atoms with E-state index in [4.69, 9.17) is 14.6 Å². The Morgan fingerprint density at radius 1 is 1.21 bits per heavy atom. The van der Waals surface area contributed by atoms with Crippen molar-refractivity contribution in [1.82, 2.24) is 10.2 Å². The largest absolute Gasteiger partial charge is 0.482 e. The van der Waals surface area contributed by atoms with E-state index in [2.05, 4.69) is 5.32 Å². The summed E-state index contributed by atoms with van der Waals surface area (Å²) in [5, 5.41) is 21.7. The maximum atomic E-state index is 12.6. The summed E-state index contributed by atoms with van der Waals surface area (Å²) in [5.41, 5.74) is 0.931. The molecule has 3 rings (SSSR count).